The van der Waals surface area contributed by atoms with Crippen LogP contribution < -0.4 is 19.6 Å². The van der Waals surface area contributed by atoms with Gasteiger partial charge < -0.3 is 28.4 Å². The van der Waals surface area contributed by atoms with Crippen molar-refractivity contribution < 1.29 is 8.83 Å². The normalized spacial score (nSPS) is 11.8. The summed E-state index contributed by atoms with van der Waals surface area (Å²) in [4.78, 5) is 9.72. The summed E-state index contributed by atoms with van der Waals surface area (Å²) in [6.45, 7) is 6.45. The van der Waals surface area contributed by atoms with Gasteiger partial charge in [-0.15, -0.1) is 22.7 Å². The van der Waals surface area contributed by atoms with Crippen LogP contribution in [0.25, 0.3) is 149 Å². The molecule has 0 atom stereocenters. The fourth-order valence-corrected chi connectivity index (χ4v) is 20.6. The summed E-state index contributed by atoms with van der Waals surface area (Å²) >= 11 is 3.73. The molecule has 0 fully saturated rings. The monoisotopic (exact) mass is 1560 g/mol. The van der Waals surface area contributed by atoms with Crippen LogP contribution in [-0.4, -0.2) is 0 Å². The number of nitrogens with zero attached hydrogens (tertiary/aromatic N) is 4. The predicted octanol–water partition coefficient (Wildman–Crippen LogP) is 33.6. The second kappa shape index (κ2) is 28.3. The average molecular weight is 1560 g/mol. The van der Waals surface area contributed by atoms with Crippen molar-refractivity contribution in [2.75, 3.05) is 19.6 Å². The number of anilines is 12. The van der Waals surface area contributed by atoms with Gasteiger partial charge in [-0.05, 0) is 252 Å². The Morgan fingerprint density at radius 3 is 0.731 bits per heavy atom. The third-order valence-electron chi connectivity index (χ3n) is 23.9. The van der Waals surface area contributed by atoms with Gasteiger partial charge in [-0.25, -0.2) is 0 Å². The van der Waals surface area contributed by atoms with Crippen molar-refractivity contribution in [2.45, 2.75) is 20.8 Å². The molecule has 0 unspecified atom stereocenters. The van der Waals surface area contributed by atoms with Crippen LogP contribution in [0.15, 0.2) is 403 Å². The van der Waals surface area contributed by atoms with Crippen molar-refractivity contribution in [3.05, 3.63) is 411 Å². The van der Waals surface area contributed by atoms with E-state index in [2.05, 4.69) is 435 Å². The molecule has 562 valence electrons. The van der Waals surface area contributed by atoms with Gasteiger partial charge in [-0.1, -0.05) is 223 Å². The molecule has 8 heteroatoms. The summed E-state index contributed by atoms with van der Waals surface area (Å²) in [6.07, 6.45) is 0. The second-order valence-corrected chi connectivity index (χ2v) is 33.4. The van der Waals surface area contributed by atoms with Crippen molar-refractivity contribution in [3.63, 3.8) is 0 Å². The van der Waals surface area contributed by atoms with E-state index in [0.29, 0.717) is 0 Å². The Morgan fingerprint density at radius 2 is 0.387 bits per heavy atom. The van der Waals surface area contributed by atoms with E-state index in [4.69, 9.17) is 8.83 Å². The van der Waals surface area contributed by atoms with Crippen LogP contribution in [0, 0.1) is 20.8 Å². The van der Waals surface area contributed by atoms with Gasteiger partial charge in [0, 0.05) is 129 Å². The first-order valence-corrected chi connectivity index (χ1v) is 42.2. The number of hydrogen-bond donors (Lipinski definition) is 0. The zero-order valence-corrected chi connectivity index (χ0v) is 67.1. The predicted molar refractivity (Wildman–Crippen MR) is 511 cm³/mol. The van der Waals surface area contributed by atoms with E-state index in [1.54, 1.807) is 0 Å². The maximum absolute atomic E-state index is 6.34. The van der Waals surface area contributed by atoms with Crippen LogP contribution in [0.1, 0.15) is 16.7 Å². The first-order valence-electron chi connectivity index (χ1n) is 40.6. The first kappa shape index (κ1) is 69.7. The van der Waals surface area contributed by atoms with Crippen molar-refractivity contribution in [1.29, 1.82) is 0 Å². The molecule has 0 aliphatic heterocycles. The maximum Gasteiger partial charge on any atom is 0.135 e. The molecule has 20 aromatic carbocycles. The van der Waals surface area contributed by atoms with E-state index in [0.717, 1.165) is 123 Å². The Labute approximate surface area is 694 Å². The second-order valence-electron chi connectivity index (χ2n) is 31.3. The quantitative estimate of drug-likeness (QED) is 0.114. The molecule has 0 saturated carbocycles. The summed E-state index contributed by atoms with van der Waals surface area (Å²) in [5.41, 5.74) is 20.6. The number of hydrogen-bond acceptors (Lipinski definition) is 8. The highest BCUT2D eigenvalue weighted by atomic mass is 32.1. The fraction of sp³-hybridized carbons (Fsp3) is 0.0270. The minimum atomic E-state index is 0.882. The molecule has 119 heavy (non-hydrogen) atoms. The molecule has 0 amide bonds. The van der Waals surface area contributed by atoms with Gasteiger partial charge in [0.05, 0.1) is 22.7 Å². The van der Waals surface area contributed by atoms with Crippen LogP contribution in [0.4, 0.5) is 68.2 Å². The van der Waals surface area contributed by atoms with Crippen molar-refractivity contribution >= 4 is 240 Å². The van der Waals surface area contributed by atoms with Gasteiger partial charge in [0.15, 0.2) is 0 Å². The van der Waals surface area contributed by atoms with Gasteiger partial charge in [0.1, 0.15) is 22.3 Å². The van der Waals surface area contributed by atoms with Crippen LogP contribution in [0.5, 0.6) is 0 Å². The van der Waals surface area contributed by atoms with Crippen molar-refractivity contribution in [1.82, 2.24) is 0 Å². The number of rotatable bonds is 12. The minimum absolute atomic E-state index is 0.882. The molecule has 6 nitrogen and oxygen atoms in total. The molecule has 0 N–H and O–H groups in total. The van der Waals surface area contributed by atoms with Gasteiger partial charge in [-0.2, -0.15) is 0 Å². The highest BCUT2D eigenvalue weighted by Crippen LogP contribution is 2.53. The smallest absolute Gasteiger partial charge is 0.135 e. The van der Waals surface area contributed by atoms with Gasteiger partial charge in [0.2, 0.25) is 0 Å². The molecule has 24 rings (SSSR count). The van der Waals surface area contributed by atoms with E-state index in [1.807, 2.05) is 22.7 Å². The van der Waals surface area contributed by atoms with Gasteiger partial charge in [-0.3, -0.25) is 0 Å². The van der Waals surface area contributed by atoms with Gasteiger partial charge in [0.25, 0.3) is 0 Å². The maximum atomic E-state index is 6.34. The van der Waals surface area contributed by atoms with E-state index in [1.165, 1.54) is 111 Å². The standard InChI is InChI=1S/C56H38N2O2.C55H36N2S2/c1-35-21-25-53-47(29-35)49-31-39(23-27-55(49)59-53)57(37-13-5-3-6-14-37)51-33-45-42-18-10-12-20-44(42)52(34-46(45)41-17-9-11-19-43(41)51)58(38-15-7-4-8-16-38)40-24-28-56-50(32-40)48-30-36(2)22-26-54(48)60-56;1-35-24-27-53-47(30-35)49-32-39(26-29-55(49)59-53)57(37-16-6-3-7-17-37)51-34-46-40-18-8-10-20-42(40)50(33-45(46)41-19-9-11-21-43(41)51)56(36-14-4-2-5-15-36)38-25-28-54-48(31-38)44-22-12-13-23-52(44)58-54/h3-34H,1-2H3;2-34H,1H3. The summed E-state index contributed by atoms with van der Waals surface area (Å²) in [6, 6.07) is 144. The van der Waals surface area contributed by atoms with Crippen LogP contribution in [0.2, 0.25) is 0 Å². The number of aryl methyl sites for hydroxylation is 3. The van der Waals surface area contributed by atoms with E-state index in [9.17, 15) is 0 Å². The summed E-state index contributed by atoms with van der Waals surface area (Å²) in [5, 5.41) is 24.0. The van der Waals surface area contributed by atoms with E-state index >= 15 is 0 Å². The molecule has 0 spiro atoms. The molecule has 0 aliphatic carbocycles. The lowest BCUT2D eigenvalue weighted by Crippen LogP contribution is -2.11. The van der Waals surface area contributed by atoms with Crippen LogP contribution >= 0.6 is 22.7 Å². The molecule has 0 bridgehead atoms. The Kier molecular flexibility index (Phi) is 16.6. The average Bonchev–Trinajstić information content (AvgIpc) is 1.35. The number of benzene rings is 20. The topological polar surface area (TPSA) is 39.2 Å². The summed E-state index contributed by atoms with van der Waals surface area (Å²) < 4.78 is 17.9. The molecular weight excluding hydrogens is 1490 g/mol. The molecular formula is C111H74N4O2S2. The molecule has 4 aromatic heterocycles. The zero-order valence-electron chi connectivity index (χ0n) is 65.4. The molecule has 0 radical (unpaired) electrons. The number of fused-ring (bicyclic) bond motifs is 22. The largest absolute Gasteiger partial charge is 0.456 e. The fourth-order valence-electron chi connectivity index (χ4n) is 18.5. The molecule has 0 saturated heterocycles. The van der Waals surface area contributed by atoms with E-state index in [-0.39, 0.29) is 0 Å². The third-order valence-corrected chi connectivity index (χ3v) is 26.2. The number of para-hydroxylation sites is 4. The lowest BCUT2D eigenvalue weighted by molar-refractivity contribution is 0.668. The Hall–Kier alpha value is -14.8. The Balaban J connectivity index is 0.000000139. The Bertz CT molecular complexity index is 7950. The highest BCUT2D eigenvalue weighted by molar-refractivity contribution is 7.26. The van der Waals surface area contributed by atoms with Crippen LogP contribution in [-0.2, 0) is 0 Å². The van der Waals surface area contributed by atoms with Crippen molar-refractivity contribution in [2.24, 2.45) is 0 Å². The highest BCUT2D eigenvalue weighted by Gasteiger charge is 2.27. The lowest BCUT2D eigenvalue weighted by Gasteiger charge is -2.30. The lowest BCUT2D eigenvalue weighted by atomic mass is 9.93. The third kappa shape index (κ3) is 11.8. The Morgan fingerprint density at radius 1 is 0.160 bits per heavy atom. The van der Waals surface area contributed by atoms with Gasteiger partial charge >= 0.3 is 0 Å². The zero-order chi connectivity index (χ0) is 78.9. The molecule has 24 aromatic rings. The molecule has 4 heterocycles. The van der Waals surface area contributed by atoms with Crippen molar-refractivity contribution in [3.8, 4) is 0 Å². The summed E-state index contributed by atoms with van der Waals surface area (Å²) in [5.74, 6) is 0. The SMILES string of the molecule is Cc1ccc2oc3ccc(N(c4ccccc4)c4cc5c6ccccc6c(N(c6ccccc6)c6ccc7oc8ccc(C)cc8c7c6)cc5c5ccccc45)cc3c2c1.Cc1ccc2sc3ccc(N(c4ccccc4)c4cc5c6ccccc6c(N(c6ccccc6)c6ccc7sc8ccccc8c7c6)cc5c5ccccc45)cc3c2c1. The summed E-state index contributed by atoms with van der Waals surface area (Å²) in [7, 11) is 0. The van der Waals surface area contributed by atoms with Crippen LogP contribution in [0.3, 0.4) is 0 Å². The first-order chi connectivity index (χ1) is 58.7. The minimum Gasteiger partial charge on any atom is -0.456 e. The van der Waals surface area contributed by atoms with E-state index < -0.39 is 0 Å². The number of furan rings is 2. The number of thiophene rings is 2. The molecule has 0 aliphatic rings.